The number of anilines is 1. The standard InChI is InChI=1S/C16H19N2O6P/c1-22-15-10-4-12(5-11-15)16(25(21,23-2)24-3)17-13-6-8-14(9-7-13)18(19)20/h4-11,16-17H,1-3H3/t16-/m1/s1. The highest BCUT2D eigenvalue weighted by Gasteiger charge is 2.35. The maximum Gasteiger partial charge on any atom is 0.356 e. The van der Waals surface area contributed by atoms with Crippen molar-refractivity contribution in [2.45, 2.75) is 5.78 Å². The number of benzene rings is 2. The molecule has 0 aliphatic rings. The summed E-state index contributed by atoms with van der Waals surface area (Å²) in [6, 6.07) is 12.7. The Hall–Kier alpha value is -2.41. The summed E-state index contributed by atoms with van der Waals surface area (Å²) in [6.45, 7) is 0. The first-order valence-electron chi connectivity index (χ1n) is 7.29. The molecule has 134 valence electrons. The van der Waals surface area contributed by atoms with E-state index in [9.17, 15) is 14.7 Å². The van der Waals surface area contributed by atoms with Crippen molar-refractivity contribution in [3.63, 3.8) is 0 Å². The zero-order valence-corrected chi connectivity index (χ0v) is 14.9. The lowest BCUT2D eigenvalue weighted by molar-refractivity contribution is -0.384. The third-order valence-corrected chi connectivity index (χ3v) is 5.72. The quantitative estimate of drug-likeness (QED) is 0.424. The molecule has 2 aromatic rings. The molecule has 9 heteroatoms. The average Bonchev–Trinajstić information content (AvgIpc) is 2.66. The highest BCUT2D eigenvalue weighted by atomic mass is 31.2. The molecule has 0 radical (unpaired) electrons. The molecule has 1 atom stereocenters. The van der Waals surface area contributed by atoms with Crippen LogP contribution in [0.3, 0.4) is 0 Å². The van der Waals surface area contributed by atoms with Crippen molar-refractivity contribution in [3.8, 4) is 5.75 Å². The molecule has 0 fully saturated rings. The third-order valence-electron chi connectivity index (χ3n) is 3.64. The van der Waals surface area contributed by atoms with Crippen molar-refractivity contribution in [3.05, 3.63) is 64.2 Å². The summed E-state index contributed by atoms with van der Waals surface area (Å²) >= 11 is 0. The fourth-order valence-electron chi connectivity index (χ4n) is 2.25. The highest BCUT2D eigenvalue weighted by molar-refractivity contribution is 7.54. The summed E-state index contributed by atoms with van der Waals surface area (Å²) in [5, 5.41) is 13.8. The number of nitro groups is 1. The van der Waals surface area contributed by atoms with Gasteiger partial charge in [0.2, 0.25) is 0 Å². The van der Waals surface area contributed by atoms with E-state index in [1.165, 1.54) is 38.5 Å². The number of ether oxygens (including phenoxy) is 1. The Bertz CT molecular complexity index is 755. The number of nitrogens with zero attached hydrogens (tertiary/aromatic N) is 1. The Labute approximate surface area is 145 Å². The van der Waals surface area contributed by atoms with Crippen molar-refractivity contribution < 1.29 is 23.3 Å². The molecule has 0 unspecified atom stereocenters. The van der Waals surface area contributed by atoms with Crippen LogP contribution in [0.4, 0.5) is 11.4 Å². The molecular weight excluding hydrogens is 347 g/mol. The predicted octanol–water partition coefficient (Wildman–Crippen LogP) is 4.20. The lowest BCUT2D eigenvalue weighted by Crippen LogP contribution is -2.13. The van der Waals surface area contributed by atoms with Crippen molar-refractivity contribution in [1.82, 2.24) is 0 Å². The Balaban J connectivity index is 2.37. The number of nitrogens with one attached hydrogen (secondary N) is 1. The minimum absolute atomic E-state index is 0.0341. The van der Waals surface area contributed by atoms with Crippen molar-refractivity contribution >= 4 is 19.0 Å². The lowest BCUT2D eigenvalue weighted by Gasteiger charge is -2.26. The van der Waals surface area contributed by atoms with E-state index in [-0.39, 0.29) is 5.69 Å². The summed E-state index contributed by atoms with van der Waals surface area (Å²) in [5.74, 6) is -0.141. The van der Waals surface area contributed by atoms with E-state index in [4.69, 9.17) is 13.8 Å². The van der Waals surface area contributed by atoms with E-state index in [2.05, 4.69) is 5.32 Å². The van der Waals surface area contributed by atoms with Crippen LogP contribution in [0.2, 0.25) is 0 Å². The smallest absolute Gasteiger partial charge is 0.356 e. The number of hydrogen-bond donors (Lipinski definition) is 1. The number of nitro benzene ring substituents is 1. The molecular formula is C16H19N2O6P. The average molecular weight is 366 g/mol. The predicted molar refractivity (Wildman–Crippen MR) is 94.1 cm³/mol. The first-order chi connectivity index (χ1) is 11.9. The van der Waals surface area contributed by atoms with Crippen molar-refractivity contribution in [2.24, 2.45) is 0 Å². The minimum atomic E-state index is -3.52. The molecule has 0 aromatic heterocycles. The molecule has 2 aromatic carbocycles. The normalized spacial score (nSPS) is 12.4. The van der Waals surface area contributed by atoms with Crippen LogP contribution < -0.4 is 10.1 Å². The van der Waals surface area contributed by atoms with Crippen LogP contribution in [0, 0.1) is 10.1 Å². The molecule has 1 N–H and O–H groups in total. The van der Waals surface area contributed by atoms with Gasteiger partial charge in [-0.05, 0) is 29.8 Å². The van der Waals surface area contributed by atoms with Crippen LogP contribution in [0.15, 0.2) is 48.5 Å². The topological polar surface area (TPSA) is 99.9 Å². The fraction of sp³-hybridized carbons (Fsp3) is 0.250. The second kappa shape index (κ2) is 8.11. The molecule has 0 bridgehead atoms. The monoisotopic (exact) mass is 366 g/mol. The molecule has 0 saturated carbocycles. The van der Waals surface area contributed by atoms with Gasteiger partial charge in [-0.15, -0.1) is 0 Å². The molecule has 8 nitrogen and oxygen atoms in total. The molecule has 0 aliphatic carbocycles. The molecule has 0 amide bonds. The van der Waals surface area contributed by atoms with Gasteiger partial charge >= 0.3 is 7.60 Å². The first kappa shape index (κ1) is 18.9. The first-order valence-corrected chi connectivity index (χ1v) is 8.91. The Morgan fingerprint density at radius 1 is 1.00 bits per heavy atom. The van der Waals surface area contributed by atoms with Crippen LogP contribution in [0.25, 0.3) is 0 Å². The number of non-ortho nitro benzene ring substituents is 1. The Morgan fingerprint density at radius 3 is 2.00 bits per heavy atom. The Kier molecular flexibility index (Phi) is 6.14. The second-order valence-electron chi connectivity index (χ2n) is 5.03. The van der Waals surface area contributed by atoms with Gasteiger partial charge < -0.3 is 19.1 Å². The maximum absolute atomic E-state index is 12.9. The minimum Gasteiger partial charge on any atom is -0.497 e. The summed E-state index contributed by atoms with van der Waals surface area (Å²) in [5.41, 5.74) is 1.17. The van der Waals surface area contributed by atoms with E-state index in [1.54, 1.807) is 31.4 Å². The van der Waals surface area contributed by atoms with Gasteiger partial charge in [-0.25, -0.2) is 0 Å². The third kappa shape index (κ3) is 4.36. The van der Waals surface area contributed by atoms with Gasteiger partial charge in [-0.3, -0.25) is 14.7 Å². The second-order valence-corrected chi connectivity index (χ2v) is 7.36. The van der Waals surface area contributed by atoms with Gasteiger partial charge in [-0.2, -0.15) is 0 Å². The van der Waals surface area contributed by atoms with E-state index in [0.717, 1.165) is 0 Å². The number of methoxy groups -OCH3 is 1. The molecule has 0 aliphatic heterocycles. The molecule has 0 spiro atoms. The SMILES string of the molecule is COc1ccc([C@H](Nc2ccc([N+](=O)[O-])cc2)P(=O)(OC)OC)cc1. The molecule has 0 saturated heterocycles. The molecule has 2 rings (SSSR count). The van der Waals surface area contributed by atoms with Gasteiger partial charge in [0.25, 0.3) is 5.69 Å². The molecule has 0 heterocycles. The summed E-state index contributed by atoms with van der Waals surface area (Å²) in [6.07, 6.45) is 0. The molecule has 25 heavy (non-hydrogen) atoms. The Morgan fingerprint density at radius 2 is 1.56 bits per heavy atom. The summed E-state index contributed by atoms with van der Waals surface area (Å²) in [7, 11) is 0.641. The van der Waals surface area contributed by atoms with Gasteiger partial charge in [0.1, 0.15) is 5.75 Å². The summed E-state index contributed by atoms with van der Waals surface area (Å²) in [4.78, 5) is 10.3. The van der Waals surface area contributed by atoms with Crippen LogP contribution in [-0.4, -0.2) is 26.3 Å². The highest BCUT2D eigenvalue weighted by Crippen LogP contribution is 2.59. The van der Waals surface area contributed by atoms with Gasteiger partial charge in [0.15, 0.2) is 5.78 Å². The van der Waals surface area contributed by atoms with Gasteiger partial charge in [0.05, 0.1) is 12.0 Å². The van der Waals surface area contributed by atoms with E-state index >= 15 is 0 Å². The maximum atomic E-state index is 12.9. The number of hydrogen-bond acceptors (Lipinski definition) is 7. The zero-order valence-electron chi connectivity index (χ0n) is 14.0. The fourth-order valence-corrected chi connectivity index (χ4v) is 3.67. The van der Waals surface area contributed by atoms with E-state index in [0.29, 0.717) is 17.0 Å². The van der Waals surface area contributed by atoms with Crippen LogP contribution >= 0.6 is 7.60 Å². The van der Waals surface area contributed by atoms with Gasteiger partial charge in [0, 0.05) is 32.0 Å². The van der Waals surface area contributed by atoms with E-state index in [1.807, 2.05) is 0 Å². The van der Waals surface area contributed by atoms with Crippen molar-refractivity contribution in [1.29, 1.82) is 0 Å². The van der Waals surface area contributed by atoms with Crippen LogP contribution in [0.5, 0.6) is 5.75 Å². The van der Waals surface area contributed by atoms with Crippen LogP contribution in [0.1, 0.15) is 11.3 Å². The lowest BCUT2D eigenvalue weighted by atomic mass is 10.2. The van der Waals surface area contributed by atoms with Crippen LogP contribution in [-0.2, 0) is 13.6 Å². The van der Waals surface area contributed by atoms with E-state index < -0.39 is 18.3 Å². The summed E-state index contributed by atoms with van der Waals surface area (Å²) < 4.78 is 28.3. The van der Waals surface area contributed by atoms with Gasteiger partial charge in [-0.1, -0.05) is 12.1 Å². The number of rotatable bonds is 8. The zero-order chi connectivity index (χ0) is 18.4. The largest absolute Gasteiger partial charge is 0.497 e. The van der Waals surface area contributed by atoms with Crippen molar-refractivity contribution in [2.75, 3.05) is 26.6 Å².